The monoisotopic (exact) mass is 769 g/mol. The van der Waals surface area contributed by atoms with Gasteiger partial charge >= 0.3 is 0 Å². The van der Waals surface area contributed by atoms with Crippen LogP contribution in [-0.2, 0) is 0 Å². The van der Waals surface area contributed by atoms with Crippen molar-refractivity contribution in [3.8, 4) is 79.3 Å². The summed E-state index contributed by atoms with van der Waals surface area (Å²) in [5.74, 6) is 2.92. The molecule has 0 fully saturated rings. The van der Waals surface area contributed by atoms with E-state index in [0.29, 0.717) is 11.6 Å². The van der Waals surface area contributed by atoms with Gasteiger partial charge in [-0.2, -0.15) is 0 Å². The highest BCUT2D eigenvalue weighted by Gasteiger charge is 2.26. The third-order valence-corrected chi connectivity index (χ3v) is 10.9. The molecule has 60 heavy (non-hydrogen) atoms. The van der Waals surface area contributed by atoms with E-state index in [1.165, 1.54) is 0 Å². The number of rotatable bonds is 7. The molecule has 10 aromatic rings. The van der Waals surface area contributed by atoms with Crippen LogP contribution in [0.3, 0.4) is 0 Å². The molecule has 6 heteroatoms. The number of aromatic nitrogens is 4. The van der Waals surface area contributed by atoms with E-state index in [9.17, 15) is 0 Å². The molecule has 0 aliphatic carbocycles. The summed E-state index contributed by atoms with van der Waals surface area (Å²) in [6.45, 7) is 0. The Labute approximate surface area is 347 Å². The Balaban J connectivity index is 1.18. The molecule has 8 aromatic carbocycles. The van der Waals surface area contributed by atoms with Crippen LogP contribution in [0.4, 0.5) is 17.1 Å². The SMILES string of the molecule is c1ccc(-c2cc(-c3cc(-c4cc(-c5ccccc5)nc(-c5ccccc5)n4)c4ccc(N5c6ccccc6Oc6ccccc65)cc4c3)nc(-c3ccccc3)n2)cc1. The molecule has 1 aliphatic heterocycles. The molecule has 0 saturated heterocycles. The number of hydrogen-bond donors (Lipinski definition) is 0. The van der Waals surface area contributed by atoms with Crippen molar-refractivity contribution in [1.82, 2.24) is 19.9 Å². The van der Waals surface area contributed by atoms with Crippen molar-refractivity contribution in [2.45, 2.75) is 0 Å². The van der Waals surface area contributed by atoms with Gasteiger partial charge in [-0.05, 0) is 71.4 Å². The third-order valence-electron chi connectivity index (χ3n) is 10.9. The first-order chi connectivity index (χ1) is 29.7. The van der Waals surface area contributed by atoms with Gasteiger partial charge < -0.3 is 9.64 Å². The Morgan fingerprint density at radius 2 is 0.767 bits per heavy atom. The largest absolute Gasteiger partial charge is 0.453 e. The summed E-state index contributed by atoms with van der Waals surface area (Å²) in [7, 11) is 0. The lowest BCUT2D eigenvalue weighted by molar-refractivity contribution is 0.477. The summed E-state index contributed by atoms with van der Waals surface area (Å²) in [6, 6.07) is 72.6. The minimum Gasteiger partial charge on any atom is -0.453 e. The number of fused-ring (bicyclic) bond motifs is 3. The molecule has 0 radical (unpaired) electrons. The highest BCUT2D eigenvalue weighted by atomic mass is 16.5. The van der Waals surface area contributed by atoms with Gasteiger partial charge in [-0.15, -0.1) is 0 Å². The normalized spacial score (nSPS) is 11.8. The second-order valence-electron chi connectivity index (χ2n) is 14.7. The molecule has 3 heterocycles. The summed E-state index contributed by atoms with van der Waals surface area (Å²) in [5.41, 5.74) is 12.1. The lowest BCUT2D eigenvalue weighted by Crippen LogP contribution is -2.15. The molecule has 0 spiro atoms. The van der Waals surface area contributed by atoms with Crippen LogP contribution in [0.2, 0.25) is 0 Å². The number of para-hydroxylation sites is 4. The lowest BCUT2D eigenvalue weighted by atomic mass is 9.95. The predicted octanol–water partition coefficient (Wildman–Crippen LogP) is 14.0. The fourth-order valence-electron chi connectivity index (χ4n) is 7.97. The van der Waals surface area contributed by atoms with E-state index in [-0.39, 0.29) is 0 Å². The van der Waals surface area contributed by atoms with Crippen LogP contribution in [-0.4, -0.2) is 19.9 Å². The van der Waals surface area contributed by atoms with E-state index in [4.69, 9.17) is 24.7 Å². The Morgan fingerprint density at radius 1 is 0.333 bits per heavy atom. The van der Waals surface area contributed by atoms with Crippen LogP contribution < -0.4 is 9.64 Å². The third kappa shape index (κ3) is 6.52. The zero-order valence-electron chi connectivity index (χ0n) is 32.4. The Hall–Kier alpha value is -8.22. The standard InChI is InChI=1S/C54H35N5O/c1-5-17-36(18-6-1)45-34-47(57-53(55-45)38-21-9-3-10-22-38)41-31-40-32-42(59-49-25-13-15-27-51(49)60-52-28-16-14-26-50(52)59)29-30-43(40)44(33-41)48-35-46(37-19-7-2-8-20-37)56-54(58-48)39-23-11-4-12-24-39/h1-35H. The zero-order chi connectivity index (χ0) is 39.8. The van der Waals surface area contributed by atoms with Crippen LogP contribution >= 0.6 is 0 Å². The average Bonchev–Trinajstić information content (AvgIpc) is 3.33. The quantitative estimate of drug-likeness (QED) is 0.161. The van der Waals surface area contributed by atoms with Crippen LogP contribution in [0.1, 0.15) is 0 Å². The Morgan fingerprint density at radius 3 is 1.30 bits per heavy atom. The van der Waals surface area contributed by atoms with E-state index < -0.39 is 0 Å². The highest BCUT2D eigenvalue weighted by molar-refractivity contribution is 6.02. The molecule has 6 nitrogen and oxygen atoms in total. The molecule has 0 saturated carbocycles. The van der Waals surface area contributed by atoms with Crippen LogP contribution in [0.15, 0.2) is 212 Å². The Bertz CT molecular complexity index is 3010. The van der Waals surface area contributed by atoms with Crippen LogP contribution in [0, 0.1) is 0 Å². The average molecular weight is 770 g/mol. The van der Waals surface area contributed by atoms with Gasteiger partial charge in [0.2, 0.25) is 0 Å². The van der Waals surface area contributed by atoms with Crippen LogP contribution in [0.25, 0.3) is 78.6 Å². The van der Waals surface area contributed by atoms with Crippen LogP contribution in [0.5, 0.6) is 11.5 Å². The maximum Gasteiger partial charge on any atom is 0.160 e. The first kappa shape index (κ1) is 35.0. The smallest absolute Gasteiger partial charge is 0.160 e. The van der Waals surface area contributed by atoms with Crippen molar-refractivity contribution < 1.29 is 4.74 Å². The van der Waals surface area contributed by atoms with E-state index in [1.54, 1.807) is 0 Å². The van der Waals surface area contributed by atoms with Gasteiger partial charge in [0, 0.05) is 39.1 Å². The van der Waals surface area contributed by atoms with Crippen molar-refractivity contribution in [2.75, 3.05) is 4.90 Å². The topological polar surface area (TPSA) is 64.0 Å². The summed E-state index contributed by atoms with van der Waals surface area (Å²) in [4.78, 5) is 23.1. The second-order valence-corrected chi connectivity index (χ2v) is 14.7. The fraction of sp³-hybridized carbons (Fsp3) is 0. The van der Waals surface area contributed by atoms with E-state index in [0.717, 1.165) is 95.5 Å². The molecular formula is C54H35N5O. The number of nitrogens with zero attached hydrogens (tertiary/aromatic N) is 5. The van der Waals surface area contributed by atoms with Gasteiger partial charge in [0.1, 0.15) is 0 Å². The van der Waals surface area contributed by atoms with Crippen molar-refractivity contribution in [2.24, 2.45) is 0 Å². The first-order valence-corrected chi connectivity index (χ1v) is 20.0. The van der Waals surface area contributed by atoms with Crippen molar-refractivity contribution in [1.29, 1.82) is 0 Å². The van der Waals surface area contributed by atoms with Gasteiger partial charge in [0.25, 0.3) is 0 Å². The number of hydrogen-bond acceptors (Lipinski definition) is 6. The molecule has 0 amide bonds. The minimum absolute atomic E-state index is 0.656. The molecule has 0 atom stereocenters. The summed E-state index contributed by atoms with van der Waals surface area (Å²) in [6.07, 6.45) is 0. The lowest BCUT2D eigenvalue weighted by Gasteiger charge is -2.33. The second kappa shape index (κ2) is 14.9. The maximum atomic E-state index is 6.39. The van der Waals surface area contributed by atoms with Crippen molar-refractivity contribution >= 4 is 27.8 Å². The molecule has 0 unspecified atom stereocenters. The maximum absolute atomic E-state index is 6.39. The summed E-state index contributed by atoms with van der Waals surface area (Å²) >= 11 is 0. The van der Waals surface area contributed by atoms with Gasteiger partial charge in [0.15, 0.2) is 23.1 Å². The summed E-state index contributed by atoms with van der Waals surface area (Å²) < 4.78 is 6.39. The van der Waals surface area contributed by atoms with Crippen molar-refractivity contribution in [3.05, 3.63) is 212 Å². The van der Waals surface area contributed by atoms with Gasteiger partial charge in [-0.3, -0.25) is 0 Å². The molecular weight excluding hydrogens is 735 g/mol. The number of anilines is 3. The molecule has 11 rings (SSSR count). The molecule has 0 bridgehead atoms. The predicted molar refractivity (Wildman–Crippen MR) is 243 cm³/mol. The zero-order valence-corrected chi connectivity index (χ0v) is 32.4. The molecule has 1 aliphatic rings. The fourth-order valence-corrected chi connectivity index (χ4v) is 7.97. The van der Waals surface area contributed by atoms with Gasteiger partial charge in [-0.1, -0.05) is 152 Å². The highest BCUT2D eigenvalue weighted by Crippen LogP contribution is 2.51. The molecule has 0 N–H and O–H groups in total. The van der Waals surface area contributed by atoms with Gasteiger partial charge in [-0.25, -0.2) is 19.9 Å². The Kier molecular flexibility index (Phi) is 8.71. The van der Waals surface area contributed by atoms with E-state index in [2.05, 4.69) is 108 Å². The van der Waals surface area contributed by atoms with Crippen molar-refractivity contribution in [3.63, 3.8) is 0 Å². The first-order valence-electron chi connectivity index (χ1n) is 20.0. The number of ether oxygens (including phenoxy) is 1. The summed E-state index contributed by atoms with van der Waals surface area (Å²) in [5, 5.41) is 2.08. The minimum atomic E-state index is 0.656. The van der Waals surface area contributed by atoms with E-state index >= 15 is 0 Å². The van der Waals surface area contributed by atoms with E-state index in [1.807, 2.05) is 109 Å². The van der Waals surface area contributed by atoms with Gasteiger partial charge in [0.05, 0.1) is 34.2 Å². The molecule has 282 valence electrons. The number of benzene rings is 8. The molecule has 2 aromatic heterocycles.